The Morgan fingerprint density at radius 1 is 1.20 bits per heavy atom. The number of hydrogen-bond donors (Lipinski definition) is 2. The van der Waals surface area contributed by atoms with Gasteiger partial charge in [-0.1, -0.05) is 32.4 Å². The van der Waals surface area contributed by atoms with E-state index in [0.29, 0.717) is 11.8 Å². The minimum absolute atomic E-state index is 0.333. The second kappa shape index (κ2) is 6.46. The normalized spacial score (nSPS) is 12.7. The first-order valence-corrected chi connectivity index (χ1v) is 5.77. The van der Waals surface area contributed by atoms with Crippen molar-refractivity contribution in [3.63, 3.8) is 0 Å². The van der Waals surface area contributed by atoms with Crippen LogP contribution in [0.4, 0.5) is 0 Å². The maximum Gasteiger partial charge on any atom is 0.115 e. The fourth-order valence-electron chi connectivity index (χ4n) is 1.67. The van der Waals surface area contributed by atoms with Crippen molar-refractivity contribution in [2.75, 3.05) is 0 Å². The smallest absolute Gasteiger partial charge is 0.115 e. The van der Waals surface area contributed by atoms with Crippen LogP contribution in [-0.2, 0) is 6.54 Å². The zero-order valence-corrected chi connectivity index (χ0v) is 9.66. The lowest BCUT2D eigenvalue weighted by atomic mass is 10.1. The molecular formula is C13H21NO. The molecule has 1 unspecified atom stereocenters. The van der Waals surface area contributed by atoms with Crippen molar-refractivity contribution in [2.24, 2.45) is 0 Å². The van der Waals surface area contributed by atoms with Gasteiger partial charge in [-0.3, -0.25) is 0 Å². The number of nitrogens with one attached hydrogen (secondary N) is 1. The number of aromatic hydroxyl groups is 1. The predicted molar refractivity (Wildman–Crippen MR) is 63.9 cm³/mol. The Balaban J connectivity index is 2.38. The van der Waals surface area contributed by atoms with Crippen molar-refractivity contribution >= 4 is 0 Å². The van der Waals surface area contributed by atoms with Gasteiger partial charge in [0.2, 0.25) is 0 Å². The second-order valence-electron chi connectivity index (χ2n) is 3.94. The van der Waals surface area contributed by atoms with Gasteiger partial charge in [0, 0.05) is 12.6 Å². The third-order valence-corrected chi connectivity index (χ3v) is 2.66. The van der Waals surface area contributed by atoms with Crippen LogP contribution >= 0.6 is 0 Å². The molecule has 2 N–H and O–H groups in total. The van der Waals surface area contributed by atoms with Gasteiger partial charge in [0.25, 0.3) is 0 Å². The number of hydrogen-bond acceptors (Lipinski definition) is 2. The first-order valence-electron chi connectivity index (χ1n) is 5.77. The fraction of sp³-hybridized carbons (Fsp3) is 0.538. The predicted octanol–water partition coefficient (Wildman–Crippen LogP) is 3.06. The lowest BCUT2D eigenvalue weighted by molar-refractivity contribution is 0.460. The lowest BCUT2D eigenvalue weighted by Crippen LogP contribution is -2.27. The summed E-state index contributed by atoms with van der Waals surface area (Å²) in [6, 6.07) is 8.00. The lowest BCUT2D eigenvalue weighted by Gasteiger charge is -2.15. The summed E-state index contributed by atoms with van der Waals surface area (Å²) in [4.78, 5) is 0. The third-order valence-electron chi connectivity index (χ3n) is 2.66. The van der Waals surface area contributed by atoms with Crippen LogP contribution in [0.1, 0.15) is 38.7 Å². The zero-order chi connectivity index (χ0) is 11.1. The van der Waals surface area contributed by atoms with E-state index in [1.165, 1.54) is 24.8 Å². The Morgan fingerprint density at radius 2 is 1.87 bits per heavy atom. The number of rotatable bonds is 6. The maximum absolute atomic E-state index is 9.14. The highest BCUT2D eigenvalue weighted by Crippen LogP contribution is 2.10. The largest absolute Gasteiger partial charge is 0.508 e. The Morgan fingerprint density at radius 3 is 2.40 bits per heavy atom. The summed E-state index contributed by atoms with van der Waals surface area (Å²) in [6.07, 6.45) is 3.63. The fourth-order valence-corrected chi connectivity index (χ4v) is 1.67. The van der Waals surface area contributed by atoms with Gasteiger partial charge >= 0.3 is 0 Å². The van der Waals surface area contributed by atoms with E-state index in [1.807, 2.05) is 12.1 Å². The van der Waals surface area contributed by atoms with Crippen LogP contribution in [0.3, 0.4) is 0 Å². The van der Waals surface area contributed by atoms with E-state index in [2.05, 4.69) is 19.2 Å². The van der Waals surface area contributed by atoms with Crippen molar-refractivity contribution in [2.45, 2.75) is 45.7 Å². The highest BCUT2D eigenvalue weighted by Gasteiger charge is 2.03. The molecule has 1 aromatic rings. The van der Waals surface area contributed by atoms with Crippen molar-refractivity contribution in [3.8, 4) is 5.75 Å². The highest BCUT2D eigenvalue weighted by molar-refractivity contribution is 5.25. The molecule has 0 aliphatic heterocycles. The maximum atomic E-state index is 9.14. The average Bonchev–Trinajstić information content (AvgIpc) is 2.26. The number of phenolic OH excluding ortho intramolecular Hbond substituents is 1. The van der Waals surface area contributed by atoms with Crippen molar-refractivity contribution < 1.29 is 5.11 Å². The van der Waals surface area contributed by atoms with Crippen LogP contribution in [-0.4, -0.2) is 11.1 Å². The highest BCUT2D eigenvalue weighted by atomic mass is 16.3. The molecule has 0 radical (unpaired) electrons. The molecule has 0 saturated carbocycles. The Labute approximate surface area is 92.3 Å². The van der Waals surface area contributed by atoms with Gasteiger partial charge in [-0.2, -0.15) is 0 Å². The molecule has 0 heterocycles. The Bertz CT molecular complexity index is 268. The van der Waals surface area contributed by atoms with Crippen LogP contribution in [0.25, 0.3) is 0 Å². The van der Waals surface area contributed by atoms with Gasteiger partial charge < -0.3 is 10.4 Å². The number of phenols is 1. The monoisotopic (exact) mass is 207 g/mol. The molecular weight excluding hydrogens is 186 g/mol. The molecule has 0 amide bonds. The zero-order valence-electron chi connectivity index (χ0n) is 9.66. The SMILES string of the molecule is CCCC(CC)NCc1ccc(O)cc1. The molecule has 0 fully saturated rings. The minimum atomic E-state index is 0.333. The van der Waals surface area contributed by atoms with Gasteiger partial charge in [0.15, 0.2) is 0 Å². The topological polar surface area (TPSA) is 32.3 Å². The van der Waals surface area contributed by atoms with E-state index >= 15 is 0 Å². The van der Waals surface area contributed by atoms with Crippen molar-refractivity contribution in [1.29, 1.82) is 0 Å². The Hall–Kier alpha value is -1.02. The minimum Gasteiger partial charge on any atom is -0.508 e. The average molecular weight is 207 g/mol. The van der Waals surface area contributed by atoms with E-state index < -0.39 is 0 Å². The Kier molecular flexibility index (Phi) is 5.19. The van der Waals surface area contributed by atoms with Gasteiger partial charge in [0.05, 0.1) is 0 Å². The van der Waals surface area contributed by atoms with Gasteiger partial charge in [-0.25, -0.2) is 0 Å². The molecule has 15 heavy (non-hydrogen) atoms. The molecule has 0 saturated heterocycles. The molecule has 0 aromatic heterocycles. The molecule has 84 valence electrons. The molecule has 2 nitrogen and oxygen atoms in total. The van der Waals surface area contributed by atoms with E-state index in [0.717, 1.165) is 6.54 Å². The van der Waals surface area contributed by atoms with Crippen LogP contribution < -0.4 is 5.32 Å². The summed E-state index contributed by atoms with van der Waals surface area (Å²) in [5.74, 6) is 0.333. The van der Waals surface area contributed by atoms with Crippen LogP contribution in [0.2, 0.25) is 0 Å². The summed E-state index contributed by atoms with van der Waals surface area (Å²) >= 11 is 0. The molecule has 1 atom stereocenters. The molecule has 0 aliphatic carbocycles. The molecule has 1 aromatic carbocycles. The van der Waals surface area contributed by atoms with Crippen LogP contribution in [0.5, 0.6) is 5.75 Å². The first-order chi connectivity index (χ1) is 7.26. The van der Waals surface area contributed by atoms with E-state index in [-0.39, 0.29) is 0 Å². The van der Waals surface area contributed by atoms with Crippen LogP contribution in [0.15, 0.2) is 24.3 Å². The van der Waals surface area contributed by atoms with Gasteiger partial charge in [0.1, 0.15) is 5.75 Å². The van der Waals surface area contributed by atoms with Gasteiger partial charge in [-0.15, -0.1) is 0 Å². The summed E-state index contributed by atoms with van der Waals surface area (Å²) in [5, 5.41) is 12.7. The van der Waals surface area contributed by atoms with E-state index in [4.69, 9.17) is 5.11 Å². The molecule has 0 spiro atoms. The molecule has 1 rings (SSSR count). The van der Waals surface area contributed by atoms with Crippen molar-refractivity contribution in [1.82, 2.24) is 5.32 Å². The third kappa shape index (κ3) is 4.34. The summed E-state index contributed by atoms with van der Waals surface area (Å²) in [7, 11) is 0. The first kappa shape index (κ1) is 12.1. The summed E-state index contributed by atoms with van der Waals surface area (Å²) in [6.45, 7) is 5.31. The molecule has 2 heteroatoms. The van der Waals surface area contributed by atoms with Crippen molar-refractivity contribution in [3.05, 3.63) is 29.8 Å². The van der Waals surface area contributed by atoms with Crippen LogP contribution in [0, 0.1) is 0 Å². The standard InChI is InChI=1S/C13H21NO/c1-3-5-12(4-2)14-10-11-6-8-13(15)9-7-11/h6-9,12,14-15H,3-5,10H2,1-2H3. The quantitative estimate of drug-likeness (QED) is 0.751. The van der Waals surface area contributed by atoms with Gasteiger partial charge in [-0.05, 0) is 30.5 Å². The second-order valence-corrected chi connectivity index (χ2v) is 3.94. The molecule has 0 bridgehead atoms. The summed E-state index contributed by atoms with van der Waals surface area (Å²) < 4.78 is 0. The van der Waals surface area contributed by atoms with E-state index in [1.54, 1.807) is 12.1 Å². The molecule has 0 aliphatic rings. The number of benzene rings is 1. The van der Waals surface area contributed by atoms with E-state index in [9.17, 15) is 0 Å². The summed E-state index contributed by atoms with van der Waals surface area (Å²) in [5.41, 5.74) is 1.22.